The van der Waals surface area contributed by atoms with E-state index < -0.39 is 0 Å². The van der Waals surface area contributed by atoms with E-state index in [0.29, 0.717) is 0 Å². The first-order valence-corrected chi connectivity index (χ1v) is 21.2. The number of anilines is 5. The van der Waals surface area contributed by atoms with Gasteiger partial charge in [0, 0.05) is 62.8 Å². The Bertz CT molecular complexity index is 2360. The lowest BCUT2D eigenvalue weighted by Crippen LogP contribution is -2.45. The van der Waals surface area contributed by atoms with Crippen molar-refractivity contribution < 1.29 is 0 Å². The molecule has 0 aromatic heterocycles. The zero-order chi connectivity index (χ0) is 39.8. The number of allylic oxidation sites excluding steroid dienone is 9. The van der Waals surface area contributed by atoms with Gasteiger partial charge in [-0.1, -0.05) is 134 Å². The molecule has 4 heteroatoms. The molecule has 0 amide bonds. The molecular weight excluding hydrogens is 717 g/mol. The van der Waals surface area contributed by atoms with Crippen LogP contribution >= 0.6 is 0 Å². The summed E-state index contributed by atoms with van der Waals surface area (Å²) >= 11 is 0. The maximum absolute atomic E-state index is 2.73. The highest BCUT2D eigenvalue weighted by Gasteiger charge is 2.33. The van der Waals surface area contributed by atoms with Crippen molar-refractivity contribution >= 4 is 28.4 Å². The Morgan fingerprint density at radius 1 is 0.441 bits per heavy atom. The van der Waals surface area contributed by atoms with Gasteiger partial charge in [-0.25, -0.2) is 0 Å². The van der Waals surface area contributed by atoms with Crippen LogP contribution in [0, 0.1) is 5.92 Å². The summed E-state index contributed by atoms with van der Waals surface area (Å²) in [7, 11) is 0. The monoisotopic (exact) mass is 768 g/mol. The van der Waals surface area contributed by atoms with Gasteiger partial charge < -0.3 is 19.6 Å². The van der Waals surface area contributed by atoms with Crippen LogP contribution in [0.5, 0.6) is 0 Å². The minimum Gasteiger partial charge on any atom is -0.361 e. The zero-order valence-electron chi connectivity index (χ0n) is 33.8. The third-order valence-electron chi connectivity index (χ3n) is 11.7. The van der Waals surface area contributed by atoms with Crippen LogP contribution in [-0.4, -0.2) is 17.0 Å². The molecule has 0 saturated heterocycles. The SMILES string of the molecule is CC1C=C(N(c2ccccc2)c2ccccc2)C=CC1N(C1=CC=C(N(C2=CCCC=C2)c2ccccc2)CC1)C1C=CC(N(c2ccccc2)c2ccccc2)=CC1. The first-order valence-electron chi connectivity index (χ1n) is 21.2. The molecule has 5 aromatic carbocycles. The Labute approximate surface area is 350 Å². The third-order valence-corrected chi connectivity index (χ3v) is 11.7. The summed E-state index contributed by atoms with van der Waals surface area (Å²) in [5.41, 5.74) is 12.2. The van der Waals surface area contributed by atoms with Crippen LogP contribution in [0.15, 0.2) is 247 Å². The van der Waals surface area contributed by atoms with E-state index in [1.54, 1.807) is 0 Å². The van der Waals surface area contributed by atoms with Gasteiger partial charge in [-0.2, -0.15) is 0 Å². The fourth-order valence-corrected chi connectivity index (χ4v) is 8.93. The highest BCUT2D eigenvalue weighted by molar-refractivity contribution is 5.72. The summed E-state index contributed by atoms with van der Waals surface area (Å²) in [6.07, 6.45) is 31.3. The van der Waals surface area contributed by atoms with Gasteiger partial charge >= 0.3 is 0 Å². The normalized spacial score (nSPS) is 19.7. The van der Waals surface area contributed by atoms with Crippen LogP contribution in [0.1, 0.15) is 39.0 Å². The molecule has 0 fully saturated rings. The molecule has 292 valence electrons. The molecule has 59 heavy (non-hydrogen) atoms. The second-order valence-electron chi connectivity index (χ2n) is 15.6. The van der Waals surface area contributed by atoms with Gasteiger partial charge in [-0.3, -0.25) is 0 Å². The van der Waals surface area contributed by atoms with Gasteiger partial charge in [0.05, 0.1) is 12.1 Å². The average molecular weight is 769 g/mol. The average Bonchev–Trinajstić information content (AvgIpc) is 3.31. The standard InChI is InChI=1S/C55H52N4/c1-43-42-54(58(48-28-16-6-17-29-48)49-30-18-7-19-31-49)40-41-55(43)59(52-36-32-50(33-37-52)56(44-20-8-2-9-21-44)45-22-10-3-11-23-45)53-38-34-51(35-39-53)57(46-24-12-4-13-25-46)47-26-14-5-15-27-47/h2-4,6-14,16-34,36,38,40-43,52,55H,5,15,35,37,39H2,1H3. The lowest BCUT2D eigenvalue weighted by molar-refractivity contribution is 0.205. The van der Waals surface area contributed by atoms with Gasteiger partial charge in [0.1, 0.15) is 0 Å². The molecule has 0 spiro atoms. The lowest BCUT2D eigenvalue weighted by atomic mass is 9.89. The Balaban J connectivity index is 1.07. The number of nitrogens with zero attached hydrogens (tertiary/aromatic N) is 4. The number of para-hydroxylation sites is 5. The van der Waals surface area contributed by atoms with Crippen LogP contribution in [0.2, 0.25) is 0 Å². The van der Waals surface area contributed by atoms with Crippen LogP contribution in [0.3, 0.4) is 0 Å². The maximum Gasteiger partial charge on any atom is 0.0541 e. The van der Waals surface area contributed by atoms with E-state index in [9.17, 15) is 0 Å². The topological polar surface area (TPSA) is 13.0 Å². The Kier molecular flexibility index (Phi) is 11.4. The molecule has 0 radical (unpaired) electrons. The van der Waals surface area contributed by atoms with Crippen molar-refractivity contribution in [1.82, 2.24) is 4.90 Å². The van der Waals surface area contributed by atoms with Gasteiger partial charge in [0.25, 0.3) is 0 Å². The van der Waals surface area contributed by atoms with Crippen molar-refractivity contribution in [1.29, 1.82) is 0 Å². The maximum atomic E-state index is 2.73. The van der Waals surface area contributed by atoms with E-state index in [1.165, 1.54) is 34.2 Å². The van der Waals surface area contributed by atoms with Crippen LogP contribution in [-0.2, 0) is 0 Å². The number of rotatable bonds is 12. The van der Waals surface area contributed by atoms with E-state index in [1.807, 2.05) is 0 Å². The largest absolute Gasteiger partial charge is 0.361 e. The van der Waals surface area contributed by atoms with E-state index in [2.05, 4.69) is 245 Å². The predicted molar refractivity (Wildman–Crippen MR) is 248 cm³/mol. The van der Waals surface area contributed by atoms with Crippen LogP contribution < -0.4 is 14.7 Å². The minimum absolute atomic E-state index is 0.173. The third kappa shape index (κ3) is 8.31. The van der Waals surface area contributed by atoms with Crippen LogP contribution in [0.4, 0.5) is 28.4 Å². The molecule has 0 bridgehead atoms. The summed E-state index contributed by atoms with van der Waals surface area (Å²) in [6, 6.07) is 54.1. The first-order chi connectivity index (χ1) is 29.2. The highest BCUT2D eigenvalue weighted by Crippen LogP contribution is 2.40. The minimum atomic E-state index is 0.173. The van der Waals surface area contributed by atoms with Crippen molar-refractivity contribution in [3.05, 3.63) is 247 Å². The molecule has 4 nitrogen and oxygen atoms in total. The summed E-state index contributed by atoms with van der Waals surface area (Å²) < 4.78 is 0. The van der Waals surface area contributed by atoms with Gasteiger partial charge in [-0.05, 0) is 123 Å². The molecule has 4 aliphatic carbocycles. The second kappa shape index (κ2) is 17.8. The predicted octanol–water partition coefficient (Wildman–Crippen LogP) is 13.9. The quantitative estimate of drug-likeness (QED) is 0.125. The van der Waals surface area contributed by atoms with Crippen molar-refractivity contribution in [2.75, 3.05) is 14.7 Å². The molecule has 0 aliphatic heterocycles. The molecule has 3 unspecified atom stereocenters. The molecule has 3 atom stereocenters. The van der Waals surface area contributed by atoms with Crippen molar-refractivity contribution in [2.45, 2.75) is 51.1 Å². The number of benzene rings is 5. The van der Waals surface area contributed by atoms with E-state index in [0.717, 1.165) is 54.9 Å². The first kappa shape index (κ1) is 37.8. The molecular formula is C55H52N4. The van der Waals surface area contributed by atoms with E-state index in [4.69, 9.17) is 0 Å². The Morgan fingerprint density at radius 2 is 0.898 bits per heavy atom. The summed E-state index contributed by atoms with van der Waals surface area (Å²) in [4.78, 5) is 9.94. The molecule has 0 N–H and O–H groups in total. The molecule has 9 rings (SSSR count). The number of hydrogen-bond donors (Lipinski definition) is 0. The molecule has 0 saturated carbocycles. The second-order valence-corrected chi connectivity index (χ2v) is 15.6. The molecule has 0 heterocycles. The number of hydrogen-bond acceptors (Lipinski definition) is 4. The molecule has 5 aromatic rings. The summed E-state index contributed by atoms with van der Waals surface area (Å²) in [5.74, 6) is 0.249. The fourth-order valence-electron chi connectivity index (χ4n) is 8.93. The van der Waals surface area contributed by atoms with Crippen molar-refractivity contribution in [3.63, 3.8) is 0 Å². The van der Waals surface area contributed by atoms with Crippen molar-refractivity contribution in [2.24, 2.45) is 5.92 Å². The van der Waals surface area contributed by atoms with Gasteiger partial charge in [0.15, 0.2) is 0 Å². The Hall–Kier alpha value is -6.78. The van der Waals surface area contributed by atoms with Gasteiger partial charge in [-0.15, -0.1) is 0 Å². The molecule has 4 aliphatic rings. The smallest absolute Gasteiger partial charge is 0.0541 e. The zero-order valence-corrected chi connectivity index (χ0v) is 33.8. The Morgan fingerprint density at radius 3 is 1.34 bits per heavy atom. The highest BCUT2D eigenvalue weighted by atomic mass is 15.2. The fraction of sp³-hybridized carbons (Fsp3) is 0.164. The van der Waals surface area contributed by atoms with Crippen LogP contribution in [0.25, 0.3) is 0 Å². The lowest BCUT2D eigenvalue weighted by Gasteiger charge is -2.45. The summed E-state index contributed by atoms with van der Waals surface area (Å²) in [5, 5.41) is 0. The van der Waals surface area contributed by atoms with E-state index >= 15 is 0 Å². The van der Waals surface area contributed by atoms with Crippen molar-refractivity contribution in [3.8, 4) is 0 Å². The summed E-state index contributed by atoms with van der Waals surface area (Å²) in [6.45, 7) is 2.39. The van der Waals surface area contributed by atoms with E-state index in [-0.39, 0.29) is 18.0 Å². The van der Waals surface area contributed by atoms with Gasteiger partial charge in [0.2, 0.25) is 0 Å².